The molecule has 1 aromatic heterocycles. The van der Waals surface area contributed by atoms with Gasteiger partial charge in [-0.3, -0.25) is 9.88 Å². The molecule has 0 fully saturated rings. The van der Waals surface area contributed by atoms with E-state index >= 15 is 0 Å². The normalized spacial score (nSPS) is 12.1. The third-order valence-electron chi connectivity index (χ3n) is 2.77. The van der Waals surface area contributed by atoms with Crippen molar-refractivity contribution in [2.75, 3.05) is 25.6 Å². The van der Waals surface area contributed by atoms with Gasteiger partial charge >= 0.3 is 0 Å². The zero-order valence-electron chi connectivity index (χ0n) is 12.9. The summed E-state index contributed by atoms with van der Waals surface area (Å²) in [6.45, 7) is 9.37. The number of thioether (sulfide) groups is 1. The Morgan fingerprint density at radius 2 is 1.95 bits per heavy atom. The second-order valence-corrected chi connectivity index (χ2v) is 6.94. The molecule has 0 saturated carbocycles. The number of aromatic nitrogens is 1. The van der Waals surface area contributed by atoms with Crippen molar-refractivity contribution in [3.63, 3.8) is 0 Å². The number of hydrogen-bond acceptors (Lipinski definition) is 4. The Hall–Kier alpha value is -0.580. The third kappa shape index (κ3) is 7.55. The highest BCUT2D eigenvalue weighted by Gasteiger charge is 2.09. The van der Waals surface area contributed by atoms with E-state index in [0.717, 1.165) is 31.0 Å². The molecule has 1 rings (SSSR count). The maximum Gasteiger partial charge on any atom is 0.0547 e. The minimum absolute atomic E-state index is 0.132. The number of rotatable bonds is 7. The summed E-state index contributed by atoms with van der Waals surface area (Å²) in [5.41, 5.74) is 2.40. The molecule has 108 valence electrons. The Balaban J connectivity index is 2.52. The Morgan fingerprint density at radius 1 is 1.26 bits per heavy atom. The Bertz CT molecular complexity index is 374. The van der Waals surface area contributed by atoms with Crippen molar-refractivity contribution in [3.05, 3.63) is 29.6 Å². The minimum atomic E-state index is 0.132. The Kier molecular flexibility index (Phi) is 6.83. The van der Waals surface area contributed by atoms with Crippen molar-refractivity contribution < 1.29 is 0 Å². The highest BCUT2D eigenvalue weighted by Crippen LogP contribution is 2.06. The molecule has 0 aliphatic rings. The van der Waals surface area contributed by atoms with Crippen molar-refractivity contribution >= 4 is 11.8 Å². The van der Waals surface area contributed by atoms with Gasteiger partial charge in [0.05, 0.1) is 11.4 Å². The van der Waals surface area contributed by atoms with E-state index in [-0.39, 0.29) is 5.54 Å². The van der Waals surface area contributed by atoms with Crippen LogP contribution < -0.4 is 5.32 Å². The molecule has 19 heavy (non-hydrogen) atoms. The molecule has 3 nitrogen and oxygen atoms in total. The van der Waals surface area contributed by atoms with E-state index in [4.69, 9.17) is 4.98 Å². The fourth-order valence-electron chi connectivity index (χ4n) is 1.67. The van der Waals surface area contributed by atoms with Crippen LogP contribution in [-0.2, 0) is 13.1 Å². The molecule has 0 spiro atoms. The van der Waals surface area contributed by atoms with Crippen LogP contribution in [0, 0.1) is 0 Å². The van der Waals surface area contributed by atoms with Gasteiger partial charge in [0.2, 0.25) is 0 Å². The van der Waals surface area contributed by atoms with Crippen LogP contribution in [0.3, 0.4) is 0 Å². The van der Waals surface area contributed by atoms with Gasteiger partial charge in [-0.15, -0.1) is 0 Å². The molecular formula is C15H27N3S. The van der Waals surface area contributed by atoms with Crippen LogP contribution in [0.15, 0.2) is 18.2 Å². The van der Waals surface area contributed by atoms with Gasteiger partial charge in [-0.25, -0.2) is 0 Å². The maximum absolute atomic E-state index is 4.71. The number of hydrogen-bond donors (Lipinski definition) is 1. The summed E-state index contributed by atoms with van der Waals surface area (Å²) in [5, 5.41) is 3.47. The zero-order chi connectivity index (χ0) is 14.3. The van der Waals surface area contributed by atoms with E-state index in [1.54, 1.807) is 0 Å². The first kappa shape index (κ1) is 16.5. The van der Waals surface area contributed by atoms with E-state index in [1.165, 1.54) is 5.75 Å². The largest absolute Gasteiger partial charge is 0.306 e. The molecule has 0 amide bonds. The standard InChI is InChI=1S/C15H27N3S/c1-15(2,3)16-11-13-7-6-8-14(17-13)12-18(4)9-10-19-5/h6-8,16H,9-12H2,1-5H3. The van der Waals surface area contributed by atoms with Crippen molar-refractivity contribution in [3.8, 4) is 0 Å². The van der Waals surface area contributed by atoms with Gasteiger partial charge in [0.1, 0.15) is 0 Å². The molecule has 0 aromatic carbocycles. The van der Waals surface area contributed by atoms with Crippen LogP contribution in [0.25, 0.3) is 0 Å². The van der Waals surface area contributed by atoms with Gasteiger partial charge in [-0.2, -0.15) is 11.8 Å². The second-order valence-electron chi connectivity index (χ2n) is 5.95. The molecule has 0 atom stereocenters. The lowest BCUT2D eigenvalue weighted by atomic mass is 10.1. The van der Waals surface area contributed by atoms with Crippen molar-refractivity contribution in [2.45, 2.75) is 39.4 Å². The van der Waals surface area contributed by atoms with Crippen molar-refractivity contribution in [1.82, 2.24) is 15.2 Å². The minimum Gasteiger partial charge on any atom is -0.306 e. The monoisotopic (exact) mass is 281 g/mol. The Labute approximate surface area is 122 Å². The van der Waals surface area contributed by atoms with Crippen molar-refractivity contribution in [1.29, 1.82) is 0 Å². The molecule has 0 aliphatic carbocycles. The van der Waals surface area contributed by atoms with E-state index in [1.807, 2.05) is 11.8 Å². The first-order chi connectivity index (χ1) is 8.90. The molecule has 0 bridgehead atoms. The summed E-state index contributed by atoms with van der Waals surface area (Å²) in [6.07, 6.45) is 2.14. The molecule has 0 unspecified atom stereocenters. The van der Waals surface area contributed by atoms with Crippen molar-refractivity contribution in [2.24, 2.45) is 0 Å². The lowest BCUT2D eigenvalue weighted by molar-refractivity contribution is 0.343. The lowest BCUT2D eigenvalue weighted by Gasteiger charge is -2.20. The van der Waals surface area contributed by atoms with E-state index in [9.17, 15) is 0 Å². The molecule has 0 radical (unpaired) electrons. The topological polar surface area (TPSA) is 28.2 Å². The first-order valence-corrected chi connectivity index (χ1v) is 8.17. The summed E-state index contributed by atoms with van der Waals surface area (Å²) in [7, 11) is 2.15. The third-order valence-corrected chi connectivity index (χ3v) is 3.36. The fraction of sp³-hybridized carbons (Fsp3) is 0.667. The second kappa shape index (κ2) is 7.88. The van der Waals surface area contributed by atoms with Gasteiger partial charge in [0.25, 0.3) is 0 Å². The van der Waals surface area contributed by atoms with Gasteiger partial charge < -0.3 is 5.32 Å². The molecule has 4 heteroatoms. The van der Waals surface area contributed by atoms with Gasteiger partial charge in [-0.05, 0) is 46.2 Å². The van der Waals surface area contributed by atoms with E-state index in [0.29, 0.717) is 0 Å². The van der Waals surface area contributed by atoms with Crippen LogP contribution in [0.1, 0.15) is 32.2 Å². The van der Waals surface area contributed by atoms with Crippen LogP contribution in [-0.4, -0.2) is 41.0 Å². The van der Waals surface area contributed by atoms with Crippen LogP contribution in [0.5, 0.6) is 0 Å². The Morgan fingerprint density at radius 3 is 2.58 bits per heavy atom. The van der Waals surface area contributed by atoms with Crippen LogP contribution >= 0.6 is 11.8 Å². The first-order valence-electron chi connectivity index (χ1n) is 6.78. The average molecular weight is 281 g/mol. The molecular weight excluding hydrogens is 254 g/mol. The summed E-state index contributed by atoms with van der Waals surface area (Å²) < 4.78 is 0. The van der Waals surface area contributed by atoms with Crippen LogP contribution in [0.4, 0.5) is 0 Å². The smallest absolute Gasteiger partial charge is 0.0547 e. The zero-order valence-corrected chi connectivity index (χ0v) is 13.7. The number of pyridine rings is 1. The fourth-order valence-corrected chi connectivity index (χ4v) is 2.17. The predicted molar refractivity (Wildman–Crippen MR) is 85.5 cm³/mol. The SMILES string of the molecule is CSCCN(C)Cc1cccc(CNC(C)(C)C)n1. The summed E-state index contributed by atoms with van der Waals surface area (Å²) >= 11 is 1.88. The summed E-state index contributed by atoms with van der Waals surface area (Å²) in [4.78, 5) is 7.03. The number of nitrogens with one attached hydrogen (secondary N) is 1. The van der Waals surface area contributed by atoms with E-state index in [2.05, 4.69) is 62.5 Å². The molecule has 0 saturated heterocycles. The highest BCUT2D eigenvalue weighted by atomic mass is 32.2. The van der Waals surface area contributed by atoms with E-state index < -0.39 is 0 Å². The molecule has 0 aliphatic heterocycles. The molecule has 1 heterocycles. The number of nitrogens with zero attached hydrogens (tertiary/aromatic N) is 2. The summed E-state index contributed by atoms with van der Waals surface area (Å²) in [6, 6.07) is 6.30. The maximum atomic E-state index is 4.71. The van der Waals surface area contributed by atoms with Gasteiger partial charge in [-0.1, -0.05) is 6.07 Å². The summed E-state index contributed by atoms with van der Waals surface area (Å²) in [5.74, 6) is 1.17. The molecule has 1 N–H and O–H groups in total. The average Bonchev–Trinajstić information content (AvgIpc) is 2.33. The van der Waals surface area contributed by atoms with Crippen LogP contribution in [0.2, 0.25) is 0 Å². The van der Waals surface area contributed by atoms with Gasteiger partial charge in [0, 0.05) is 30.9 Å². The quantitative estimate of drug-likeness (QED) is 0.832. The molecule has 1 aromatic rings. The highest BCUT2D eigenvalue weighted by molar-refractivity contribution is 7.98. The predicted octanol–water partition coefficient (Wildman–Crippen LogP) is 2.76. The van der Waals surface area contributed by atoms with Gasteiger partial charge in [0.15, 0.2) is 0 Å². The lowest BCUT2D eigenvalue weighted by Crippen LogP contribution is -2.35.